The van der Waals surface area contributed by atoms with Gasteiger partial charge in [0.15, 0.2) is 6.29 Å². The third-order valence-electron chi connectivity index (χ3n) is 11.6. The molecule has 11 heteroatoms. The number of hydrogen-bond donors (Lipinski definition) is 8. The van der Waals surface area contributed by atoms with Crippen molar-refractivity contribution in [2.45, 2.75) is 262 Å². The summed E-state index contributed by atoms with van der Waals surface area (Å²) in [4.78, 5) is 13.1. The van der Waals surface area contributed by atoms with Crippen molar-refractivity contribution in [3.8, 4) is 0 Å². The lowest BCUT2D eigenvalue weighted by Crippen LogP contribution is -2.60. The molecule has 1 heterocycles. The minimum Gasteiger partial charge on any atom is -0.394 e. The molecule has 1 saturated heterocycles. The van der Waals surface area contributed by atoms with E-state index in [1.165, 1.54) is 116 Å². The van der Waals surface area contributed by atoms with Crippen LogP contribution in [0, 0.1) is 0 Å². The van der Waals surface area contributed by atoms with Crippen LogP contribution < -0.4 is 5.32 Å². The van der Waals surface area contributed by atoms with Crippen molar-refractivity contribution >= 4 is 5.91 Å². The number of ether oxygens (including phenoxy) is 2. The fourth-order valence-corrected chi connectivity index (χ4v) is 7.61. The van der Waals surface area contributed by atoms with Crippen LogP contribution in [0.1, 0.15) is 206 Å². The summed E-state index contributed by atoms with van der Waals surface area (Å²) in [5.41, 5.74) is 0. The number of rotatable bonds is 39. The summed E-state index contributed by atoms with van der Waals surface area (Å²) in [6, 6.07) is -1.17. The van der Waals surface area contributed by atoms with Crippen LogP contribution in [0.2, 0.25) is 0 Å². The first-order valence-electron chi connectivity index (χ1n) is 23.6. The van der Waals surface area contributed by atoms with Gasteiger partial charge in [0.1, 0.15) is 36.6 Å². The first-order valence-corrected chi connectivity index (χ1v) is 23.6. The standard InChI is InChI=1S/C46H89NO10/c1-3-5-7-9-11-13-15-17-19-21-23-25-27-29-31-33-38(49)41(51)37(36-56-46-44(54)43(53)42(52)40(35-48)57-46)47-45(55)39(50)34-32-30-28-26-24-22-20-18-16-14-12-10-8-6-4-2/h20,22,37-44,46,48-54H,3-19,21,23-36H2,1-2H3,(H,47,55)/b22-20-. The topological polar surface area (TPSA) is 189 Å². The molecular weight excluding hydrogens is 727 g/mol. The second-order valence-electron chi connectivity index (χ2n) is 16.8. The van der Waals surface area contributed by atoms with E-state index in [4.69, 9.17) is 9.47 Å². The van der Waals surface area contributed by atoms with E-state index >= 15 is 0 Å². The molecule has 0 saturated carbocycles. The van der Waals surface area contributed by atoms with Crippen molar-refractivity contribution in [2.75, 3.05) is 13.2 Å². The zero-order chi connectivity index (χ0) is 41.9. The fraction of sp³-hybridized carbons (Fsp3) is 0.935. The molecule has 0 aromatic carbocycles. The van der Waals surface area contributed by atoms with E-state index in [0.29, 0.717) is 19.3 Å². The Hall–Kier alpha value is -1.15. The van der Waals surface area contributed by atoms with E-state index in [2.05, 4.69) is 31.3 Å². The highest BCUT2D eigenvalue weighted by molar-refractivity contribution is 5.80. The molecule has 11 nitrogen and oxygen atoms in total. The van der Waals surface area contributed by atoms with Crippen LogP contribution in [-0.4, -0.2) is 110 Å². The van der Waals surface area contributed by atoms with Gasteiger partial charge in [0, 0.05) is 0 Å². The van der Waals surface area contributed by atoms with Crippen LogP contribution in [0.25, 0.3) is 0 Å². The first kappa shape index (κ1) is 53.9. The first-order chi connectivity index (χ1) is 27.7. The number of aliphatic hydroxyl groups is 7. The molecule has 0 aromatic heterocycles. The predicted molar refractivity (Wildman–Crippen MR) is 229 cm³/mol. The van der Waals surface area contributed by atoms with Crippen molar-refractivity contribution in [2.24, 2.45) is 0 Å². The largest absolute Gasteiger partial charge is 0.394 e. The minimum atomic E-state index is -1.66. The molecule has 1 rings (SSSR count). The molecule has 57 heavy (non-hydrogen) atoms. The number of carbonyl (C=O) groups excluding carboxylic acids is 1. The molecule has 8 N–H and O–H groups in total. The number of nitrogens with one attached hydrogen (secondary N) is 1. The third-order valence-corrected chi connectivity index (χ3v) is 11.6. The molecule has 9 atom stereocenters. The zero-order valence-electron chi connectivity index (χ0n) is 36.3. The maximum Gasteiger partial charge on any atom is 0.249 e. The van der Waals surface area contributed by atoms with E-state index in [9.17, 15) is 40.5 Å². The van der Waals surface area contributed by atoms with Crippen molar-refractivity contribution < 1.29 is 50.0 Å². The van der Waals surface area contributed by atoms with Crippen LogP contribution in [0.15, 0.2) is 12.2 Å². The van der Waals surface area contributed by atoms with Gasteiger partial charge in [-0.25, -0.2) is 0 Å². The zero-order valence-corrected chi connectivity index (χ0v) is 36.3. The quantitative estimate of drug-likeness (QED) is 0.0226. The van der Waals surface area contributed by atoms with Crippen LogP contribution >= 0.6 is 0 Å². The van der Waals surface area contributed by atoms with E-state index in [1.54, 1.807) is 0 Å². The van der Waals surface area contributed by atoms with Crippen molar-refractivity contribution in [3.05, 3.63) is 12.2 Å². The average molecular weight is 816 g/mol. The summed E-state index contributed by atoms with van der Waals surface area (Å²) in [6.07, 6.45) is 26.8. The van der Waals surface area contributed by atoms with Crippen LogP contribution in [0.3, 0.4) is 0 Å². The van der Waals surface area contributed by atoms with Gasteiger partial charge in [0.25, 0.3) is 0 Å². The highest BCUT2D eigenvalue weighted by Gasteiger charge is 2.44. The molecule has 0 spiro atoms. The molecule has 0 aromatic rings. The summed E-state index contributed by atoms with van der Waals surface area (Å²) in [5.74, 6) is -0.705. The number of carbonyl (C=O) groups is 1. The molecule has 0 radical (unpaired) electrons. The second-order valence-corrected chi connectivity index (χ2v) is 16.8. The summed E-state index contributed by atoms with van der Waals surface area (Å²) in [7, 11) is 0. The molecule has 9 unspecified atom stereocenters. The van der Waals surface area contributed by atoms with Crippen molar-refractivity contribution in [1.82, 2.24) is 5.32 Å². The van der Waals surface area contributed by atoms with Gasteiger partial charge in [-0.2, -0.15) is 0 Å². The number of allylic oxidation sites excluding steroid dienone is 2. The molecular formula is C46H89NO10. The summed E-state index contributed by atoms with van der Waals surface area (Å²) in [6.45, 7) is 3.43. The van der Waals surface area contributed by atoms with E-state index in [1.807, 2.05) is 0 Å². The number of amides is 1. The minimum absolute atomic E-state index is 0.248. The molecule has 1 aliphatic heterocycles. The average Bonchev–Trinajstić information content (AvgIpc) is 3.21. The Balaban J connectivity index is 2.46. The summed E-state index contributed by atoms with van der Waals surface area (Å²) < 4.78 is 11.1. The SMILES string of the molecule is CCCCCCCCC/C=C\CCCCCCC(O)C(=O)NC(COC1OC(CO)C(O)C(O)C1O)C(O)C(O)CCCCCCCCCCCCCCCCC. The maximum absolute atomic E-state index is 13.1. The second kappa shape index (κ2) is 36.7. The normalized spacial score (nSPS) is 22.2. The molecule has 0 aliphatic carbocycles. The van der Waals surface area contributed by atoms with Gasteiger partial charge in [0.05, 0.1) is 25.4 Å². The molecule has 0 bridgehead atoms. The lowest BCUT2D eigenvalue weighted by atomic mass is 9.98. The van der Waals surface area contributed by atoms with E-state index in [0.717, 1.165) is 51.4 Å². The lowest BCUT2D eigenvalue weighted by molar-refractivity contribution is -0.303. The van der Waals surface area contributed by atoms with Crippen LogP contribution in [0.4, 0.5) is 0 Å². The van der Waals surface area contributed by atoms with Gasteiger partial charge in [0.2, 0.25) is 5.91 Å². The van der Waals surface area contributed by atoms with Gasteiger partial charge in [-0.1, -0.05) is 180 Å². The number of aliphatic hydroxyl groups excluding tert-OH is 7. The third kappa shape index (κ3) is 26.6. The summed E-state index contributed by atoms with van der Waals surface area (Å²) in [5, 5.41) is 75.7. The van der Waals surface area contributed by atoms with E-state index < -0.39 is 74.2 Å². The predicted octanol–water partition coefficient (Wildman–Crippen LogP) is 7.67. The van der Waals surface area contributed by atoms with Gasteiger partial charge < -0.3 is 50.5 Å². The maximum atomic E-state index is 13.1. The van der Waals surface area contributed by atoms with Gasteiger partial charge in [-0.05, 0) is 38.5 Å². The fourth-order valence-electron chi connectivity index (χ4n) is 7.61. The van der Waals surface area contributed by atoms with Crippen LogP contribution in [-0.2, 0) is 14.3 Å². The molecule has 338 valence electrons. The highest BCUT2D eigenvalue weighted by Crippen LogP contribution is 2.23. The van der Waals surface area contributed by atoms with E-state index in [-0.39, 0.29) is 6.42 Å². The Labute approximate surface area is 347 Å². The van der Waals surface area contributed by atoms with Crippen molar-refractivity contribution in [1.29, 1.82) is 0 Å². The van der Waals surface area contributed by atoms with Gasteiger partial charge in [-0.15, -0.1) is 0 Å². The Kier molecular flexibility index (Phi) is 34.7. The Bertz CT molecular complexity index is 939. The Morgan fingerprint density at radius 1 is 0.596 bits per heavy atom. The van der Waals surface area contributed by atoms with Crippen LogP contribution in [0.5, 0.6) is 0 Å². The highest BCUT2D eigenvalue weighted by atomic mass is 16.7. The van der Waals surface area contributed by atoms with Gasteiger partial charge in [-0.3, -0.25) is 4.79 Å². The summed E-state index contributed by atoms with van der Waals surface area (Å²) >= 11 is 0. The molecule has 1 amide bonds. The number of unbranched alkanes of at least 4 members (excludes halogenated alkanes) is 25. The number of hydrogen-bond acceptors (Lipinski definition) is 10. The Morgan fingerprint density at radius 2 is 1.02 bits per heavy atom. The van der Waals surface area contributed by atoms with Gasteiger partial charge >= 0.3 is 0 Å². The molecule has 1 fully saturated rings. The lowest BCUT2D eigenvalue weighted by Gasteiger charge is -2.40. The van der Waals surface area contributed by atoms with Crippen molar-refractivity contribution in [3.63, 3.8) is 0 Å². The molecule has 1 aliphatic rings. The Morgan fingerprint density at radius 3 is 1.47 bits per heavy atom. The monoisotopic (exact) mass is 816 g/mol. The smallest absolute Gasteiger partial charge is 0.249 e.